The van der Waals surface area contributed by atoms with E-state index in [9.17, 15) is 4.79 Å². The van der Waals surface area contributed by atoms with E-state index < -0.39 is 0 Å². The van der Waals surface area contributed by atoms with E-state index in [4.69, 9.17) is 4.74 Å². The van der Waals surface area contributed by atoms with Gasteiger partial charge in [0.05, 0.1) is 0 Å². The van der Waals surface area contributed by atoms with Crippen LogP contribution in [0.2, 0.25) is 0 Å². The second-order valence-electron chi connectivity index (χ2n) is 5.65. The van der Waals surface area contributed by atoms with Crippen molar-refractivity contribution in [2.45, 2.75) is 39.2 Å². The smallest absolute Gasteiger partial charge is 0.222 e. The molecule has 1 unspecified atom stereocenters. The summed E-state index contributed by atoms with van der Waals surface area (Å²) in [6.07, 6.45) is 2.83. The number of piperidine rings is 1. The Bertz CT molecular complexity index is 256. The van der Waals surface area contributed by atoms with Crippen LogP contribution < -0.4 is 0 Å². The van der Waals surface area contributed by atoms with Gasteiger partial charge < -0.3 is 14.5 Å². The molecule has 0 aromatic heterocycles. The van der Waals surface area contributed by atoms with Crippen molar-refractivity contribution in [3.05, 3.63) is 0 Å². The highest BCUT2D eigenvalue weighted by Gasteiger charge is 2.27. The van der Waals surface area contributed by atoms with Crippen LogP contribution in [0.4, 0.5) is 0 Å². The normalized spacial score (nSPS) is 21.1. The molecule has 18 heavy (non-hydrogen) atoms. The first kappa shape index (κ1) is 15.4. The summed E-state index contributed by atoms with van der Waals surface area (Å²) < 4.78 is 5.07. The SMILES string of the molecule is COCCCN(C)CC1CCC(=O)N(C(C)C)C1. The largest absolute Gasteiger partial charge is 0.385 e. The molecule has 0 saturated carbocycles. The van der Waals surface area contributed by atoms with Crippen molar-refractivity contribution >= 4 is 5.91 Å². The fraction of sp³-hybridized carbons (Fsp3) is 0.929. The van der Waals surface area contributed by atoms with Crippen LogP contribution in [0, 0.1) is 5.92 Å². The van der Waals surface area contributed by atoms with Gasteiger partial charge >= 0.3 is 0 Å². The van der Waals surface area contributed by atoms with E-state index in [1.807, 2.05) is 4.90 Å². The maximum atomic E-state index is 11.8. The predicted molar refractivity (Wildman–Crippen MR) is 73.6 cm³/mol. The van der Waals surface area contributed by atoms with Crippen LogP contribution in [0.1, 0.15) is 33.1 Å². The minimum atomic E-state index is 0.322. The molecule has 1 heterocycles. The van der Waals surface area contributed by atoms with E-state index in [0.717, 1.165) is 45.5 Å². The van der Waals surface area contributed by atoms with Crippen LogP contribution in [-0.4, -0.2) is 62.1 Å². The molecule has 1 atom stereocenters. The van der Waals surface area contributed by atoms with E-state index in [1.165, 1.54) is 0 Å². The van der Waals surface area contributed by atoms with E-state index in [0.29, 0.717) is 17.9 Å². The fourth-order valence-electron chi connectivity index (χ4n) is 2.60. The van der Waals surface area contributed by atoms with Gasteiger partial charge in [0.25, 0.3) is 0 Å². The highest BCUT2D eigenvalue weighted by atomic mass is 16.5. The molecule has 0 N–H and O–H groups in total. The summed E-state index contributed by atoms with van der Waals surface area (Å²) in [7, 11) is 3.90. The third-order valence-electron chi connectivity index (χ3n) is 3.62. The van der Waals surface area contributed by atoms with Gasteiger partial charge in [0, 0.05) is 45.8 Å². The number of methoxy groups -OCH3 is 1. The molecule has 0 bridgehead atoms. The molecule has 0 aromatic rings. The second kappa shape index (κ2) is 7.74. The van der Waals surface area contributed by atoms with Crippen molar-refractivity contribution in [2.24, 2.45) is 5.92 Å². The molecule has 1 aliphatic rings. The fourth-order valence-corrected chi connectivity index (χ4v) is 2.60. The topological polar surface area (TPSA) is 32.8 Å². The lowest BCUT2D eigenvalue weighted by Gasteiger charge is -2.37. The van der Waals surface area contributed by atoms with Gasteiger partial charge in [-0.1, -0.05) is 0 Å². The standard InChI is InChI=1S/C14H28N2O2/c1-12(2)16-11-13(6-7-14(16)17)10-15(3)8-5-9-18-4/h12-13H,5-11H2,1-4H3. The first-order valence-electron chi connectivity index (χ1n) is 7.01. The third kappa shape index (κ3) is 4.94. The Hall–Kier alpha value is -0.610. The Kier molecular flexibility index (Phi) is 6.65. The Morgan fingerprint density at radius 1 is 1.50 bits per heavy atom. The molecule has 0 spiro atoms. The Morgan fingerprint density at radius 3 is 2.83 bits per heavy atom. The van der Waals surface area contributed by atoms with E-state index >= 15 is 0 Å². The van der Waals surface area contributed by atoms with Gasteiger partial charge in [-0.15, -0.1) is 0 Å². The summed E-state index contributed by atoms with van der Waals surface area (Å²) in [5.41, 5.74) is 0. The molecule has 106 valence electrons. The summed E-state index contributed by atoms with van der Waals surface area (Å²) >= 11 is 0. The summed E-state index contributed by atoms with van der Waals surface area (Å²) in [5, 5.41) is 0. The van der Waals surface area contributed by atoms with E-state index in [-0.39, 0.29) is 0 Å². The summed E-state index contributed by atoms with van der Waals surface area (Å²) in [6, 6.07) is 0.332. The van der Waals surface area contributed by atoms with Crippen molar-refractivity contribution in [3.8, 4) is 0 Å². The van der Waals surface area contributed by atoms with E-state index in [1.54, 1.807) is 7.11 Å². The molecule has 1 saturated heterocycles. The third-order valence-corrected chi connectivity index (χ3v) is 3.62. The Labute approximate surface area is 111 Å². The van der Waals surface area contributed by atoms with Crippen LogP contribution >= 0.6 is 0 Å². The molecular formula is C14H28N2O2. The molecule has 1 aliphatic heterocycles. The van der Waals surface area contributed by atoms with Crippen LogP contribution in [0.25, 0.3) is 0 Å². The average Bonchev–Trinajstić information content (AvgIpc) is 2.31. The number of ether oxygens (including phenoxy) is 1. The van der Waals surface area contributed by atoms with Crippen molar-refractivity contribution in [1.29, 1.82) is 0 Å². The number of rotatable bonds is 7. The molecule has 0 aliphatic carbocycles. The predicted octanol–water partition coefficient (Wildman–Crippen LogP) is 1.60. The summed E-state index contributed by atoms with van der Waals surface area (Å²) in [4.78, 5) is 16.2. The minimum Gasteiger partial charge on any atom is -0.385 e. The quantitative estimate of drug-likeness (QED) is 0.649. The number of carbonyl (C=O) groups is 1. The van der Waals surface area contributed by atoms with Crippen molar-refractivity contribution in [3.63, 3.8) is 0 Å². The maximum absolute atomic E-state index is 11.8. The number of likely N-dealkylation sites (tertiary alicyclic amines) is 1. The van der Waals surface area contributed by atoms with Gasteiger partial charge in [-0.3, -0.25) is 4.79 Å². The van der Waals surface area contributed by atoms with Crippen LogP contribution in [0.15, 0.2) is 0 Å². The Morgan fingerprint density at radius 2 is 2.22 bits per heavy atom. The first-order chi connectivity index (χ1) is 8.54. The van der Waals surface area contributed by atoms with Gasteiger partial charge in [-0.05, 0) is 39.7 Å². The maximum Gasteiger partial charge on any atom is 0.222 e. The van der Waals surface area contributed by atoms with Gasteiger partial charge in [0.1, 0.15) is 0 Å². The zero-order chi connectivity index (χ0) is 13.5. The number of hydrogen-bond acceptors (Lipinski definition) is 3. The van der Waals surface area contributed by atoms with Crippen LogP contribution in [-0.2, 0) is 9.53 Å². The van der Waals surface area contributed by atoms with Gasteiger partial charge in [0.15, 0.2) is 0 Å². The van der Waals surface area contributed by atoms with Crippen molar-refractivity contribution < 1.29 is 9.53 Å². The monoisotopic (exact) mass is 256 g/mol. The minimum absolute atomic E-state index is 0.322. The average molecular weight is 256 g/mol. The molecule has 4 heteroatoms. The molecule has 1 amide bonds. The highest BCUT2D eigenvalue weighted by molar-refractivity contribution is 5.77. The van der Waals surface area contributed by atoms with Crippen molar-refractivity contribution in [2.75, 3.05) is 40.4 Å². The van der Waals surface area contributed by atoms with Gasteiger partial charge in [-0.2, -0.15) is 0 Å². The molecule has 1 fully saturated rings. The van der Waals surface area contributed by atoms with Crippen molar-refractivity contribution in [1.82, 2.24) is 9.80 Å². The van der Waals surface area contributed by atoms with Crippen LogP contribution in [0.3, 0.4) is 0 Å². The summed E-state index contributed by atoms with van der Waals surface area (Å²) in [5.74, 6) is 0.945. The second-order valence-corrected chi connectivity index (χ2v) is 5.65. The number of nitrogens with zero attached hydrogens (tertiary/aromatic N) is 2. The lowest BCUT2D eigenvalue weighted by Crippen LogP contribution is -2.46. The zero-order valence-corrected chi connectivity index (χ0v) is 12.3. The number of carbonyl (C=O) groups excluding carboxylic acids is 1. The zero-order valence-electron chi connectivity index (χ0n) is 12.3. The molecule has 1 rings (SSSR count). The van der Waals surface area contributed by atoms with Gasteiger partial charge in [0.2, 0.25) is 5.91 Å². The summed E-state index contributed by atoms with van der Waals surface area (Å²) in [6.45, 7) is 8.10. The molecule has 4 nitrogen and oxygen atoms in total. The first-order valence-corrected chi connectivity index (χ1v) is 7.01. The lowest BCUT2D eigenvalue weighted by molar-refractivity contribution is -0.136. The number of amides is 1. The molecular weight excluding hydrogens is 228 g/mol. The number of hydrogen-bond donors (Lipinski definition) is 0. The molecule has 0 aromatic carbocycles. The Balaban J connectivity index is 2.32. The highest BCUT2D eigenvalue weighted by Crippen LogP contribution is 2.20. The van der Waals surface area contributed by atoms with E-state index in [2.05, 4.69) is 25.8 Å². The van der Waals surface area contributed by atoms with Crippen LogP contribution in [0.5, 0.6) is 0 Å². The molecule has 0 radical (unpaired) electrons. The lowest BCUT2D eigenvalue weighted by atomic mass is 9.96. The van der Waals surface area contributed by atoms with Gasteiger partial charge in [-0.25, -0.2) is 0 Å².